The zero-order valence-electron chi connectivity index (χ0n) is 9.29. The fraction of sp³-hybridized carbons (Fsp3) is 0.182. The van der Waals surface area contributed by atoms with Gasteiger partial charge in [0.2, 0.25) is 0 Å². The van der Waals surface area contributed by atoms with Gasteiger partial charge in [-0.25, -0.2) is 14.3 Å². The van der Waals surface area contributed by atoms with E-state index in [9.17, 15) is 9.59 Å². The van der Waals surface area contributed by atoms with Crippen molar-refractivity contribution in [3.63, 3.8) is 0 Å². The van der Waals surface area contributed by atoms with Gasteiger partial charge in [0.25, 0.3) is 0 Å². The van der Waals surface area contributed by atoms with Crippen molar-refractivity contribution < 1.29 is 9.53 Å². The van der Waals surface area contributed by atoms with Gasteiger partial charge in [-0.2, -0.15) is 0 Å². The molecule has 0 aliphatic rings. The van der Waals surface area contributed by atoms with Crippen LogP contribution in [0.1, 0.15) is 0 Å². The van der Waals surface area contributed by atoms with Crippen LogP contribution in [-0.4, -0.2) is 27.3 Å². The minimum absolute atomic E-state index is 0.0210. The highest BCUT2D eigenvalue weighted by atomic mass is 16.5. The molecule has 0 atom stereocenters. The number of ether oxygens (including phenoxy) is 1. The van der Waals surface area contributed by atoms with Gasteiger partial charge in [-0.05, 0) is 12.1 Å². The molecule has 0 spiro atoms. The molecule has 0 aliphatic carbocycles. The van der Waals surface area contributed by atoms with E-state index in [-0.39, 0.29) is 17.8 Å². The molecule has 17 heavy (non-hydrogen) atoms. The van der Waals surface area contributed by atoms with Crippen molar-refractivity contribution in [3.8, 4) is 0 Å². The van der Waals surface area contributed by atoms with E-state index < -0.39 is 5.97 Å². The molecule has 0 saturated heterocycles. The van der Waals surface area contributed by atoms with Gasteiger partial charge in [-0.15, -0.1) is 5.10 Å². The third-order valence-corrected chi connectivity index (χ3v) is 2.30. The number of hydrogen-bond donors (Lipinski definition) is 0. The fourth-order valence-corrected chi connectivity index (χ4v) is 1.46. The first-order chi connectivity index (χ1) is 8.13. The Hall–Kier alpha value is -2.37. The lowest BCUT2D eigenvalue weighted by molar-refractivity contribution is -0.136. The Morgan fingerprint density at radius 1 is 1.53 bits per heavy atom. The van der Waals surface area contributed by atoms with Gasteiger partial charge in [0, 0.05) is 6.20 Å². The van der Waals surface area contributed by atoms with Crippen LogP contribution in [-0.2, 0) is 16.1 Å². The third-order valence-electron chi connectivity index (χ3n) is 2.30. The van der Waals surface area contributed by atoms with E-state index in [0.717, 1.165) is 0 Å². The van der Waals surface area contributed by atoms with Crippen molar-refractivity contribution >= 4 is 11.6 Å². The van der Waals surface area contributed by atoms with Gasteiger partial charge in [0.05, 0.1) is 19.2 Å². The van der Waals surface area contributed by atoms with Crippen molar-refractivity contribution in [2.45, 2.75) is 6.54 Å². The number of fused-ring (bicyclic) bond motifs is 1. The van der Waals surface area contributed by atoms with Gasteiger partial charge in [-0.3, -0.25) is 4.40 Å². The summed E-state index contributed by atoms with van der Waals surface area (Å²) in [7, 11) is 1.26. The second-order valence-corrected chi connectivity index (χ2v) is 3.46. The summed E-state index contributed by atoms with van der Waals surface area (Å²) in [5.41, 5.74) is 0.388. The quantitative estimate of drug-likeness (QED) is 0.562. The third kappa shape index (κ3) is 1.96. The molecule has 6 heteroatoms. The zero-order valence-corrected chi connectivity index (χ0v) is 9.29. The molecule has 0 saturated carbocycles. The van der Waals surface area contributed by atoms with Crippen molar-refractivity contribution in [1.82, 2.24) is 14.2 Å². The Morgan fingerprint density at radius 2 is 2.29 bits per heavy atom. The highest BCUT2D eigenvalue weighted by Crippen LogP contribution is 1.99. The summed E-state index contributed by atoms with van der Waals surface area (Å²) in [5, 5.41) is 4.07. The maximum absolute atomic E-state index is 11.8. The van der Waals surface area contributed by atoms with Gasteiger partial charge in [-0.1, -0.05) is 12.6 Å². The van der Waals surface area contributed by atoms with Crippen LogP contribution in [0.2, 0.25) is 0 Å². The molecule has 6 nitrogen and oxygen atoms in total. The number of esters is 1. The van der Waals surface area contributed by atoms with Crippen molar-refractivity contribution in [1.29, 1.82) is 0 Å². The van der Waals surface area contributed by atoms with E-state index in [1.54, 1.807) is 24.4 Å². The van der Waals surface area contributed by atoms with Crippen LogP contribution in [0.5, 0.6) is 0 Å². The molecule has 2 heterocycles. The molecule has 0 fully saturated rings. The molecule has 0 N–H and O–H groups in total. The molecule has 2 rings (SSSR count). The smallest absolute Gasteiger partial charge is 0.350 e. The summed E-state index contributed by atoms with van der Waals surface area (Å²) in [4.78, 5) is 23.0. The topological polar surface area (TPSA) is 65.6 Å². The molecule has 0 radical (unpaired) electrons. The van der Waals surface area contributed by atoms with Crippen molar-refractivity contribution in [2.24, 2.45) is 0 Å². The lowest BCUT2D eigenvalue weighted by Gasteiger charge is -2.01. The van der Waals surface area contributed by atoms with Crippen LogP contribution in [0.25, 0.3) is 5.65 Å². The summed E-state index contributed by atoms with van der Waals surface area (Å²) >= 11 is 0. The Labute approximate surface area is 96.7 Å². The van der Waals surface area contributed by atoms with E-state index in [1.807, 2.05) is 0 Å². The first kappa shape index (κ1) is 11.1. The normalized spacial score (nSPS) is 10.4. The summed E-state index contributed by atoms with van der Waals surface area (Å²) in [6.07, 6.45) is 1.61. The Balaban J connectivity index is 2.37. The van der Waals surface area contributed by atoms with Crippen LogP contribution in [0, 0.1) is 0 Å². The second-order valence-electron chi connectivity index (χ2n) is 3.46. The second kappa shape index (κ2) is 4.25. The molecule has 0 unspecified atom stereocenters. The van der Waals surface area contributed by atoms with E-state index in [2.05, 4.69) is 16.4 Å². The number of methoxy groups -OCH3 is 1. The zero-order chi connectivity index (χ0) is 12.4. The molecule has 2 aromatic heterocycles. The number of hydrogen-bond acceptors (Lipinski definition) is 4. The van der Waals surface area contributed by atoms with Gasteiger partial charge in [0.1, 0.15) is 0 Å². The maximum Gasteiger partial charge on any atom is 0.350 e. The van der Waals surface area contributed by atoms with E-state index in [0.29, 0.717) is 5.65 Å². The number of carbonyl (C=O) groups excluding carboxylic acids is 1. The van der Waals surface area contributed by atoms with E-state index >= 15 is 0 Å². The highest BCUT2D eigenvalue weighted by Gasteiger charge is 2.11. The Morgan fingerprint density at radius 3 is 2.94 bits per heavy atom. The molecule has 0 amide bonds. The number of pyridine rings is 1. The summed E-state index contributed by atoms with van der Waals surface area (Å²) in [5.74, 6) is -0.547. The first-order valence-electron chi connectivity index (χ1n) is 4.94. The van der Waals surface area contributed by atoms with Crippen LogP contribution in [0.4, 0.5) is 0 Å². The Bertz CT molecular complexity index is 639. The van der Waals surface area contributed by atoms with E-state index in [4.69, 9.17) is 0 Å². The standard InChI is InChI=1S/C11H11N3O3/c1-8(10(15)17-2)7-14-11(16)13-6-4-3-5-9(13)12-14/h3-6H,1,7H2,2H3. The van der Waals surface area contributed by atoms with Crippen molar-refractivity contribution in [3.05, 3.63) is 47.0 Å². The number of aromatic nitrogens is 3. The van der Waals surface area contributed by atoms with Crippen LogP contribution < -0.4 is 5.69 Å². The van der Waals surface area contributed by atoms with Gasteiger partial charge >= 0.3 is 11.7 Å². The monoisotopic (exact) mass is 233 g/mol. The fourth-order valence-electron chi connectivity index (χ4n) is 1.46. The lowest BCUT2D eigenvalue weighted by atomic mass is 10.3. The SMILES string of the molecule is C=C(Cn1nc2ccccn2c1=O)C(=O)OC. The minimum Gasteiger partial charge on any atom is -0.466 e. The lowest BCUT2D eigenvalue weighted by Crippen LogP contribution is -2.23. The number of rotatable bonds is 3. The van der Waals surface area contributed by atoms with E-state index in [1.165, 1.54) is 16.2 Å². The van der Waals surface area contributed by atoms with Gasteiger partial charge < -0.3 is 4.74 Å². The molecule has 0 bridgehead atoms. The highest BCUT2D eigenvalue weighted by molar-refractivity contribution is 5.87. The molecule has 88 valence electrons. The summed E-state index contributed by atoms with van der Waals surface area (Å²) in [6.45, 7) is 3.57. The predicted molar refractivity (Wildman–Crippen MR) is 60.6 cm³/mol. The number of nitrogens with zero attached hydrogens (tertiary/aromatic N) is 3. The number of carbonyl (C=O) groups is 1. The molecular weight excluding hydrogens is 222 g/mol. The molecule has 0 aliphatic heterocycles. The minimum atomic E-state index is -0.547. The maximum atomic E-state index is 11.8. The average molecular weight is 233 g/mol. The van der Waals surface area contributed by atoms with Crippen LogP contribution >= 0.6 is 0 Å². The first-order valence-corrected chi connectivity index (χ1v) is 4.94. The summed E-state index contributed by atoms with van der Waals surface area (Å²) in [6, 6.07) is 5.22. The predicted octanol–water partition coefficient (Wildman–Crippen LogP) is 0.225. The average Bonchev–Trinajstić information content (AvgIpc) is 2.66. The van der Waals surface area contributed by atoms with Gasteiger partial charge in [0.15, 0.2) is 5.65 Å². The molecule has 0 aromatic carbocycles. The molecular formula is C11H11N3O3. The van der Waals surface area contributed by atoms with Crippen molar-refractivity contribution in [2.75, 3.05) is 7.11 Å². The largest absolute Gasteiger partial charge is 0.466 e. The van der Waals surface area contributed by atoms with Crippen LogP contribution in [0.3, 0.4) is 0 Å². The molecule has 2 aromatic rings. The Kier molecular flexibility index (Phi) is 2.78. The van der Waals surface area contributed by atoms with Crippen LogP contribution in [0.15, 0.2) is 41.3 Å². The summed E-state index contributed by atoms with van der Waals surface area (Å²) < 4.78 is 7.08.